The molecule has 0 saturated heterocycles. The van der Waals surface area contributed by atoms with E-state index in [2.05, 4.69) is 38.1 Å². The Bertz CT molecular complexity index is 675. The SMILES string of the molecule is CN=C(NCC(=O)NCCc1ccccc1)NCc1ncc(C)s1.I. The summed E-state index contributed by atoms with van der Waals surface area (Å²) in [5, 5.41) is 10.0. The van der Waals surface area contributed by atoms with Crippen molar-refractivity contribution in [3.8, 4) is 0 Å². The Balaban J connectivity index is 0.00000312. The van der Waals surface area contributed by atoms with Crippen molar-refractivity contribution in [3.05, 3.63) is 52.0 Å². The molecule has 3 N–H and O–H groups in total. The van der Waals surface area contributed by atoms with E-state index in [-0.39, 0.29) is 36.4 Å². The highest BCUT2D eigenvalue weighted by Crippen LogP contribution is 2.10. The normalized spacial score (nSPS) is 10.7. The minimum atomic E-state index is -0.0565. The summed E-state index contributed by atoms with van der Waals surface area (Å²) < 4.78 is 0. The van der Waals surface area contributed by atoms with Crippen LogP contribution in [0.15, 0.2) is 41.5 Å². The number of amides is 1. The van der Waals surface area contributed by atoms with Crippen LogP contribution in [0.4, 0.5) is 0 Å². The van der Waals surface area contributed by atoms with Gasteiger partial charge in [-0.1, -0.05) is 30.3 Å². The van der Waals surface area contributed by atoms with Crippen molar-refractivity contribution in [3.63, 3.8) is 0 Å². The summed E-state index contributed by atoms with van der Waals surface area (Å²) in [6.45, 7) is 3.42. The summed E-state index contributed by atoms with van der Waals surface area (Å²) in [7, 11) is 1.68. The number of guanidine groups is 1. The van der Waals surface area contributed by atoms with E-state index in [4.69, 9.17) is 0 Å². The molecule has 0 spiro atoms. The van der Waals surface area contributed by atoms with Gasteiger partial charge in [0.25, 0.3) is 0 Å². The van der Waals surface area contributed by atoms with Crippen LogP contribution in [0.1, 0.15) is 15.4 Å². The number of rotatable bonds is 7. The lowest BCUT2D eigenvalue weighted by atomic mass is 10.1. The van der Waals surface area contributed by atoms with Gasteiger partial charge in [-0.15, -0.1) is 35.3 Å². The Morgan fingerprint density at radius 2 is 1.96 bits per heavy atom. The van der Waals surface area contributed by atoms with Gasteiger partial charge in [0.2, 0.25) is 5.91 Å². The van der Waals surface area contributed by atoms with Crippen molar-refractivity contribution < 1.29 is 4.79 Å². The Morgan fingerprint density at radius 3 is 2.60 bits per heavy atom. The number of nitrogens with one attached hydrogen (secondary N) is 3. The second-order valence-electron chi connectivity index (χ2n) is 5.23. The first kappa shape index (κ1) is 21.4. The molecule has 25 heavy (non-hydrogen) atoms. The predicted molar refractivity (Wildman–Crippen MR) is 114 cm³/mol. The first-order valence-corrected chi connectivity index (χ1v) is 8.65. The van der Waals surface area contributed by atoms with Gasteiger partial charge in [-0.05, 0) is 18.9 Å². The largest absolute Gasteiger partial charge is 0.354 e. The molecule has 136 valence electrons. The zero-order valence-corrected chi connectivity index (χ0v) is 17.6. The highest BCUT2D eigenvalue weighted by atomic mass is 127. The average Bonchev–Trinajstić information content (AvgIpc) is 3.01. The van der Waals surface area contributed by atoms with E-state index < -0.39 is 0 Å². The third kappa shape index (κ3) is 8.30. The maximum absolute atomic E-state index is 11.9. The molecule has 2 aromatic rings. The number of benzene rings is 1. The molecule has 6 nitrogen and oxygen atoms in total. The van der Waals surface area contributed by atoms with Crippen LogP contribution in [-0.4, -0.2) is 37.0 Å². The molecular formula is C17H24IN5OS. The Kier molecular flexibility index (Phi) is 10.1. The zero-order chi connectivity index (χ0) is 17.2. The molecule has 0 aliphatic heterocycles. The number of aryl methyl sites for hydroxylation is 1. The minimum absolute atomic E-state index is 0. The van der Waals surface area contributed by atoms with Gasteiger partial charge >= 0.3 is 0 Å². The van der Waals surface area contributed by atoms with Crippen molar-refractivity contribution in [1.82, 2.24) is 20.9 Å². The Labute approximate surface area is 169 Å². The molecule has 0 bridgehead atoms. The zero-order valence-electron chi connectivity index (χ0n) is 14.4. The van der Waals surface area contributed by atoms with E-state index in [1.807, 2.05) is 31.3 Å². The van der Waals surface area contributed by atoms with Gasteiger partial charge in [0.05, 0.1) is 13.1 Å². The minimum Gasteiger partial charge on any atom is -0.354 e. The number of thiazole rings is 1. The molecule has 0 fully saturated rings. The summed E-state index contributed by atoms with van der Waals surface area (Å²) in [5.41, 5.74) is 1.21. The Morgan fingerprint density at radius 1 is 1.20 bits per heavy atom. The van der Waals surface area contributed by atoms with Gasteiger partial charge in [-0.25, -0.2) is 4.98 Å². The first-order valence-electron chi connectivity index (χ1n) is 7.84. The van der Waals surface area contributed by atoms with Crippen LogP contribution in [0, 0.1) is 6.92 Å². The van der Waals surface area contributed by atoms with Gasteiger partial charge in [0.1, 0.15) is 5.01 Å². The summed E-state index contributed by atoms with van der Waals surface area (Å²) in [6.07, 6.45) is 2.67. The molecule has 0 unspecified atom stereocenters. The maximum Gasteiger partial charge on any atom is 0.239 e. The lowest BCUT2D eigenvalue weighted by molar-refractivity contribution is -0.119. The van der Waals surface area contributed by atoms with Crippen molar-refractivity contribution in [1.29, 1.82) is 0 Å². The van der Waals surface area contributed by atoms with Crippen LogP contribution < -0.4 is 16.0 Å². The van der Waals surface area contributed by atoms with Gasteiger partial charge in [0, 0.05) is 24.7 Å². The van der Waals surface area contributed by atoms with E-state index in [1.54, 1.807) is 18.4 Å². The second kappa shape index (κ2) is 11.8. The number of hydrogen-bond acceptors (Lipinski definition) is 4. The highest BCUT2D eigenvalue weighted by molar-refractivity contribution is 14.0. The van der Waals surface area contributed by atoms with Crippen LogP contribution in [0.5, 0.6) is 0 Å². The van der Waals surface area contributed by atoms with Crippen LogP contribution in [0.25, 0.3) is 0 Å². The number of aliphatic imine (C=N–C) groups is 1. The van der Waals surface area contributed by atoms with E-state index in [0.717, 1.165) is 11.4 Å². The molecule has 0 saturated carbocycles. The maximum atomic E-state index is 11.9. The van der Waals surface area contributed by atoms with E-state index in [9.17, 15) is 4.79 Å². The van der Waals surface area contributed by atoms with Crippen molar-refractivity contribution >= 4 is 47.2 Å². The number of carbonyl (C=O) groups is 1. The van der Waals surface area contributed by atoms with Crippen molar-refractivity contribution in [2.75, 3.05) is 20.1 Å². The summed E-state index contributed by atoms with van der Waals surface area (Å²) in [4.78, 5) is 21.4. The molecular weight excluding hydrogens is 449 g/mol. The second-order valence-corrected chi connectivity index (χ2v) is 6.55. The van der Waals surface area contributed by atoms with Gasteiger partial charge in [-0.2, -0.15) is 0 Å². The fraction of sp³-hybridized carbons (Fsp3) is 0.353. The fourth-order valence-electron chi connectivity index (χ4n) is 2.08. The Hall–Kier alpha value is -1.68. The van der Waals surface area contributed by atoms with Gasteiger partial charge in [0.15, 0.2) is 5.96 Å². The molecule has 0 atom stereocenters. The molecule has 8 heteroatoms. The average molecular weight is 473 g/mol. The number of carbonyl (C=O) groups excluding carboxylic acids is 1. The monoisotopic (exact) mass is 473 g/mol. The number of aromatic nitrogens is 1. The van der Waals surface area contributed by atoms with E-state index in [0.29, 0.717) is 19.0 Å². The third-order valence-electron chi connectivity index (χ3n) is 3.29. The molecule has 1 aromatic carbocycles. The van der Waals surface area contributed by atoms with Crippen LogP contribution >= 0.6 is 35.3 Å². The summed E-state index contributed by atoms with van der Waals surface area (Å²) in [5.74, 6) is 0.528. The molecule has 2 rings (SSSR count). The van der Waals surface area contributed by atoms with Gasteiger partial charge < -0.3 is 16.0 Å². The molecule has 0 aliphatic rings. The number of halogens is 1. The quantitative estimate of drug-likeness (QED) is 0.327. The molecule has 0 aliphatic carbocycles. The first-order chi connectivity index (χ1) is 11.7. The lowest BCUT2D eigenvalue weighted by Crippen LogP contribution is -2.43. The molecule has 1 aromatic heterocycles. The molecule has 1 heterocycles. The van der Waals surface area contributed by atoms with Crippen LogP contribution in [-0.2, 0) is 17.8 Å². The highest BCUT2D eigenvalue weighted by Gasteiger charge is 2.04. The standard InChI is InChI=1S/C17H23N5OS.HI/c1-13-10-20-16(24-13)12-22-17(18-2)21-11-15(23)19-9-8-14-6-4-3-5-7-14;/h3-7,10H,8-9,11-12H2,1-2H3,(H,19,23)(H2,18,21,22);1H. The predicted octanol–water partition coefficient (Wildman–Crippen LogP) is 2.09. The van der Waals surface area contributed by atoms with Crippen molar-refractivity contribution in [2.45, 2.75) is 19.9 Å². The number of nitrogens with zero attached hydrogens (tertiary/aromatic N) is 2. The van der Waals surface area contributed by atoms with Crippen molar-refractivity contribution in [2.24, 2.45) is 4.99 Å². The smallest absolute Gasteiger partial charge is 0.239 e. The van der Waals surface area contributed by atoms with Gasteiger partial charge in [-0.3, -0.25) is 9.79 Å². The third-order valence-corrected chi connectivity index (χ3v) is 4.21. The topological polar surface area (TPSA) is 78.4 Å². The summed E-state index contributed by atoms with van der Waals surface area (Å²) >= 11 is 1.64. The van der Waals surface area contributed by atoms with Crippen LogP contribution in [0.3, 0.4) is 0 Å². The molecule has 0 radical (unpaired) electrons. The number of hydrogen-bond donors (Lipinski definition) is 3. The summed E-state index contributed by atoms with van der Waals surface area (Å²) in [6, 6.07) is 10.1. The van der Waals surface area contributed by atoms with E-state index in [1.165, 1.54) is 10.4 Å². The fourth-order valence-corrected chi connectivity index (χ4v) is 2.81. The lowest BCUT2D eigenvalue weighted by Gasteiger charge is -2.11. The molecule has 1 amide bonds. The van der Waals surface area contributed by atoms with E-state index >= 15 is 0 Å². The van der Waals surface area contributed by atoms with Crippen LogP contribution in [0.2, 0.25) is 0 Å².